The fourth-order valence-electron chi connectivity index (χ4n) is 1.52. The minimum absolute atomic E-state index is 0.150. The minimum Gasteiger partial charge on any atom is -0.372 e. The van der Waals surface area contributed by atoms with Crippen LogP contribution in [0.1, 0.15) is 15.2 Å². The molecule has 0 unspecified atom stereocenters. The lowest BCUT2D eigenvalue weighted by Crippen LogP contribution is -2.23. The Morgan fingerprint density at radius 2 is 2.21 bits per heavy atom. The van der Waals surface area contributed by atoms with Crippen LogP contribution in [0.15, 0.2) is 32.7 Å². The largest absolute Gasteiger partial charge is 0.372 e. The van der Waals surface area contributed by atoms with Gasteiger partial charge in [0.1, 0.15) is 5.82 Å². The summed E-state index contributed by atoms with van der Waals surface area (Å²) in [5.74, 6) is 0.413. The zero-order chi connectivity index (χ0) is 13.8. The number of rotatable bonds is 4. The molecule has 100 valence electrons. The fraction of sp³-hybridized carbons (Fsp3) is 0.167. The number of hydrogen-bond acceptors (Lipinski definition) is 4. The summed E-state index contributed by atoms with van der Waals surface area (Å²) in [4.78, 5) is 17.4. The molecule has 2 rings (SSSR count). The van der Waals surface area contributed by atoms with E-state index in [1.54, 1.807) is 30.6 Å². The first-order valence-corrected chi connectivity index (χ1v) is 7.86. The number of thiophene rings is 1. The number of amides is 1. The van der Waals surface area contributed by atoms with Crippen LogP contribution in [0.2, 0.25) is 0 Å². The predicted octanol–water partition coefficient (Wildman–Crippen LogP) is 3.64. The number of nitrogens with zero attached hydrogens (tertiary/aromatic N) is 1. The van der Waals surface area contributed by atoms with Crippen molar-refractivity contribution in [1.82, 2.24) is 10.3 Å². The van der Waals surface area contributed by atoms with Crippen molar-refractivity contribution in [1.29, 1.82) is 0 Å². The van der Waals surface area contributed by atoms with Crippen molar-refractivity contribution in [2.24, 2.45) is 0 Å². The molecular weight excluding hydrogens is 394 g/mol. The fourth-order valence-corrected chi connectivity index (χ4v) is 3.28. The number of hydrogen-bond donors (Lipinski definition) is 2. The molecule has 7 heteroatoms. The second-order valence-corrected chi connectivity index (χ2v) is 7.15. The number of nitrogens with one attached hydrogen (secondary N) is 2. The number of aromatic nitrogens is 1. The molecule has 4 nitrogen and oxygen atoms in total. The molecule has 0 aromatic carbocycles. The molecule has 0 spiro atoms. The Hall–Kier alpha value is -0.920. The highest BCUT2D eigenvalue weighted by molar-refractivity contribution is 9.11. The molecule has 2 aromatic heterocycles. The molecule has 0 aliphatic rings. The molecular formula is C12H11Br2N3OS. The molecule has 0 saturated heterocycles. The van der Waals surface area contributed by atoms with Crippen molar-refractivity contribution in [3.63, 3.8) is 0 Å². The third kappa shape index (κ3) is 3.77. The smallest absolute Gasteiger partial charge is 0.255 e. The summed E-state index contributed by atoms with van der Waals surface area (Å²) in [5, 5.41) is 5.79. The van der Waals surface area contributed by atoms with Gasteiger partial charge >= 0.3 is 0 Å². The molecule has 0 aliphatic carbocycles. The van der Waals surface area contributed by atoms with Crippen molar-refractivity contribution < 1.29 is 4.79 Å². The van der Waals surface area contributed by atoms with Crippen molar-refractivity contribution in [2.45, 2.75) is 6.54 Å². The molecule has 2 N–H and O–H groups in total. The Kier molecular flexibility index (Phi) is 4.95. The van der Waals surface area contributed by atoms with Crippen molar-refractivity contribution in [2.75, 3.05) is 12.4 Å². The zero-order valence-corrected chi connectivity index (χ0v) is 14.0. The van der Waals surface area contributed by atoms with E-state index in [1.165, 1.54) is 0 Å². The molecule has 19 heavy (non-hydrogen) atoms. The number of halogens is 2. The molecule has 0 fully saturated rings. The average molecular weight is 405 g/mol. The number of carbonyl (C=O) groups excluding carboxylic acids is 1. The molecule has 0 atom stereocenters. The van der Waals surface area contributed by atoms with Crippen LogP contribution in [0, 0.1) is 0 Å². The summed E-state index contributed by atoms with van der Waals surface area (Å²) < 4.78 is 1.83. The molecule has 1 amide bonds. The number of carbonyl (C=O) groups is 1. The highest BCUT2D eigenvalue weighted by Gasteiger charge is 2.12. The van der Waals surface area contributed by atoms with Crippen LogP contribution in [0.25, 0.3) is 0 Å². The monoisotopic (exact) mass is 403 g/mol. The van der Waals surface area contributed by atoms with Gasteiger partial charge in [0.05, 0.1) is 15.9 Å². The minimum atomic E-state index is -0.150. The van der Waals surface area contributed by atoms with Crippen molar-refractivity contribution in [3.8, 4) is 0 Å². The Labute approximate surface area is 131 Å². The SMILES string of the molecule is CNc1ncc(Br)cc1C(=O)NCc1ccc(Br)s1. The average Bonchev–Trinajstić information content (AvgIpc) is 2.81. The van der Waals surface area contributed by atoms with Crippen LogP contribution in [0.4, 0.5) is 5.82 Å². The van der Waals surface area contributed by atoms with Gasteiger partial charge in [-0.1, -0.05) is 0 Å². The van der Waals surface area contributed by atoms with Crippen LogP contribution in [-0.4, -0.2) is 17.9 Å². The normalized spacial score (nSPS) is 10.3. The van der Waals surface area contributed by atoms with Gasteiger partial charge in [-0.15, -0.1) is 11.3 Å². The topological polar surface area (TPSA) is 54.0 Å². The van der Waals surface area contributed by atoms with Crippen LogP contribution >= 0.6 is 43.2 Å². The Bertz CT molecular complexity index is 600. The van der Waals surface area contributed by atoms with Gasteiger partial charge < -0.3 is 10.6 Å². The van der Waals surface area contributed by atoms with Gasteiger partial charge in [0, 0.05) is 22.6 Å². The Morgan fingerprint density at radius 3 is 2.84 bits per heavy atom. The van der Waals surface area contributed by atoms with E-state index in [4.69, 9.17) is 0 Å². The Morgan fingerprint density at radius 1 is 1.42 bits per heavy atom. The quantitative estimate of drug-likeness (QED) is 0.817. The second-order valence-electron chi connectivity index (χ2n) is 3.69. The number of anilines is 1. The first-order chi connectivity index (χ1) is 9.10. The van der Waals surface area contributed by atoms with E-state index in [0.717, 1.165) is 13.1 Å². The lowest BCUT2D eigenvalue weighted by Gasteiger charge is -2.08. The maximum absolute atomic E-state index is 12.1. The van der Waals surface area contributed by atoms with Gasteiger partial charge in [0.25, 0.3) is 5.91 Å². The third-order valence-electron chi connectivity index (χ3n) is 2.39. The lowest BCUT2D eigenvalue weighted by atomic mass is 10.2. The van der Waals surface area contributed by atoms with Gasteiger partial charge in [-0.3, -0.25) is 4.79 Å². The molecule has 0 saturated carbocycles. The maximum atomic E-state index is 12.1. The summed E-state index contributed by atoms with van der Waals surface area (Å²) >= 11 is 8.31. The molecule has 0 aliphatic heterocycles. The van der Waals surface area contributed by atoms with Crippen molar-refractivity contribution >= 4 is 54.9 Å². The highest BCUT2D eigenvalue weighted by Crippen LogP contribution is 2.22. The summed E-state index contributed by atoms with van der Waals surface area (Å²) in [6, 6.07) is 5.69. The highest BCUT2D eigenvalue weighted by atomic mass is 79.9. The van der Waals surface area contributed by atoms with E-state index in [-0.39, 0.29) is 5.91 Å². The molecule has 2 aromatic rings. The van der Waals surface area contributed by atoms with Gasteiger partial charge in [0.2, 0.25) is 0 Å². The number of pyridine rings is 1. The van der Waals surface area contributed by atoms with E-state index in [1.807, 2.05) is 12.1 Å². The van der Waals surface area contributed by atoms with Gasteiger partial charge in [-0.2, -0.15) is 0 Å². The lowest BCUT2D eigenvalue weighted by molar-refractivity contribution is 0.0952. The summed E-state index contributed by atoms with van der Waals surface area (Å²) in [5.41, 5.74) is 0.521. The van der Waals surface area contributed by atoms with E-state index in [2.05, 4.69) is 47.5 Å². The van der Waals surface area contributed by atoms with Gasteiger partial charge in [-0.25, -0.2) is 4.98 Å². The van der Waals surface area contributed by atoms with E-state index in [0.29, 0.717) is 17.9 Å². The summed E-state index contributed by atoms with van der Waals surface area (Å²) in [6.07, 6.45) is 1.65. The summed E-state index contributed by atoms with van der Waals surface area (Å²) in [7, 11) is 1.74. The maximum Gasteiger partial charge on any atom is 0.255 e. The zero-order valence-electron chi connectivity index (χ0n) is 10.0. The molecule has 0 radical (unpaired) electrons. The van der Waals surface area contributed by atoms with Gasteiger partial charge in [-0.05, 0) is 50.1 Å². The van der Waals surface area contributed by atoms with Crippen LogP contribution in [0.5, 0.6) is 0 Å². The summed E-state index contributed by atoms with van der Waals surface area (Å²) in [6.45, 7) is 0.505. The Balaban J connectivity index is 2.09. The van der Waals surface area contributed by atoms with E-state index >= 15 is 0 Å². The third-order valence-corrected chi connectivity index (χ3v) is 4.45. The van der Waals surface area contributed by atoms with E-state index < -0.39 is 0 Å². The first-order valence-electron chi connectivity index (χ1n) is 5.46. The first kappa shape index (κ1) is 14.5. The standard InChI is InChI=1S/C12H11Br2N3OS/c1-15-11-9(4-7(13)5-16-11)12(18)17-6-8-2-3-10(14)19-8/h2-5H,6H2,1H3,(H,15,16)(H,17,18). The van der Waals surface area contributed by atoms with Crippen LogP contribution < -0.4 is 10.6 Å². The molecule has 0 bridgehead atoms. The van der Waals surface area contributed by atoms with Crippen molar-refractivity contribution in [3.05, 3.63) is 43.1 Å². The molecule has 2 heterocycles. The van der Waals surface area contributed by atoms with Crippen LogP contribution in [-0.2, 0) is 6.54 Å². The van der Waals surface area contributed by atoms with E-state index in [9.17, 15) is 4.79 Å². The van der Waals surface area contributed by atoms with Gasteiger partial charge in [0.15, 0.2) is 0 Å². The second kappa shape index (κ2) is 6.49. The van der Waals surface area contributed by atoms with Crippen LogP contribution in [0.3, 0.4) is 0 Å². The predicted molar refractivity (Wildman–Crippen MR) is 84.7 cm³/mol.